The van der Waals surface area contributed by atoms with Gasteiger partial charge in [-0.25, -0.2) is 4.79 Å². The quantitative estimate of drug-likeness (QED) is 0.585. The average Bonchev–Trinajstić information content (AvgIpc) is 2.85. The second-order valence-electron chi connectivity index (χ2n) is 7.50. The molecule has 1 aliphatic rings. The summed E-state index contributed by atoms with van der Waals surface area (Å²) in [5.41, 5.74) is 4.53. The zero-order valence-electron chi connectivity index (χ0n) is 16.9. The van der Waals surface area contributed by atoms with Crippen molar-refractivity contribution in [3.8, 4) is 5.75 Å². The van der Waals surface area contributed by atoms with Gasteiger partial charge in [0, 0.05) is 6.54 Å². The van der Waals surface area contributed by atoms with E-state index < -0.39 is 28.9 Å². The predicted octanol–water partition coefficient (Wildman–Crippen LogP) is 1.37. The molecule has 1 saturated heterocycles. The number of carbonyl (C=O) groups is 3. The number of methoxy groups -OCH3 is 1. The summed E-state index contributed by atoms with van der Waals surface area (Å²) < 4.78 is 5.12. The molecule has 2 atom stereocenters. The lowest BCUT2D eigenvalue weighted by Gasteiger charge is -2.34. The van der Waals surface area contributed by atoms with Gasteiger partial charge in [-0.05, 0) is 37.5 Å². The second-order valence-corrected chi connectivity index (χ2v) is 7.50. The van der Waals surface area contributed by atoms with Crippen LogP contribution in [0, 0.1) is 5.92 Å². The molecule has 4 amide bonds. The number of ether oxygens (including phenoxy) is 1. The third-order valence-electron chi connectivity index (χ3n) is 5.37. The van der Waals surface area contributed by atoms with Gasteiger partial charge in [-0.3, -0.25) is 14.5 Å². The molecular formula is C19H29ClN4O4. The fourth-order valence-electron chi connectivity index (χ4n) is 2.89. The van der Waals surface area contributed by atoms with Gasteiger partial charge in [0.15, 0.2) is 0 Å². The van der Waals surface area contributed by atoms with E-state index in [4.69, 9.17) is 10.5 Å². The number of amides is 4. The minimum absolute atomic E-state index is 0. The van der Waals surface area contributed by atoms with E-state index in [0.717, 1.165) is 4.90 Å². The zero-order valence-corrected chi connectivity index (χ0v) is 17.7. The molecule has 1 heterocycles. The molecule has 2 unspecified atom stereocenters. The van der Waals surface area contributed by atoms with Crippen LogP contribution in [0.5, 0.6) is 5.75 Å². The number of hydrogen-bond donors (Lipinski definition) is 3. The van der Waals surface area contributed by atoms with E-state index in [1.807, 2.05) is 20.8 Å². The van der Waals surface area contributed by atoms with Crippen molar-refractivity contribution in [3.63, 3.8) is 0 Å². The van der Waals surface area contributed by atoms with Crippen molar-refractivity contribution < 1.29 is 19.1 Å². The molecular weight excluding hydrogens is 384 g/mol. The molecule has 1 fully saturated rings. The Kier molecular flexibility index (Phi) is 7.45. The molecule has 2 rings (SSSR count). The van der Waals surface area contributed by atoms with Crippen molar-refractivity contribution in [1.82, 2.24) is 15.5 Å². The van der Waals surface area contributed by atoms with Crippen LogP contribution in [0.2, 0.25) is 0 Å². The number of halogens is 1. The Morgan fingerprint density at radius 3 is 2.36 bits per heavy atom. The van der Waals surface area contributed by atoms with E-state index >= 15 is 0 Å². The first kappa shape index (κ1) is 23.7. The third kappa shape index (κ3) is 4.39. The fourth-order valence-corrected chi connectivity index (χ4v) is 2.89. The lowest BCUT2D eigenvalue weighted by molar-refractivity contribution is -0.135. The third-order valence-corrected chi connectivity index (χ3v) is 5.37. The van der Waals surface area contributed by atoms with Crippen LogP contribution in [0.4, 0.5) is 4.79 Å². The number of urea groups is 1. The Morgan fingerprint density at radius 1 is 1.32 bits per heavy atom. The Morgan fingerprint density at radius 2 is 1.89 bits per heavy atom. The second kappa shape index (κ2) is 8.79. The highest BCUT2D eigenvalue weighted by Crippen LogP contribution is 2.30. The van der Waals surface area contributed by atoms with Crippen LogP contribution in [0.15, 0.2) is 24.3 Å². The van der Waals surface area contributed by atoms with E-state index in [2.05, 4.69) is 10.6 Å². The van der Waals surface area contributed by atoms with Gasteiger partial charge in [0.25, 0.3) is 5.91 Å². The van der Waals surface area contributed by atoms with Gasteiger partial charge in [-0.1, -0.05) is 26.0 Å². The minimum Gasteiger partial charge on any atom is -0.497 e. The standard InChI is InChI=1S/C19H28N4O4.ClH/c1-12(2)18(3,11-20)21-15(24)10-23-16(25)19(4,22-17(23)26)13-6-8-14(27-5)9-7-13;/h6-9,12H,10-11,20H2,1-5H3,(H,21,24)(H,22,26);1H. The summed E-state index contributed by atoms with van der Waals surface area (Å²) in [6, 6.07) is 6.25. The monoisotopic (exact) mass is 412 g/mol. The van der Waals surface area contributed by atoms with Crippen LogP contribution in [-0.2, 0) is 15.1 Å². The minimum atomic E-state index is -1.24. The lowest BCUT2D eigenvalue weighted by atomic mass is 9.88. The van der Waals surface area contributed by atoms with Crippen LogP contribution < -0.4 is 21.1 Å². The molecule has 0 bridgehead atoms. The summed E-state index contributed by atoms with van der Waals surface area (Å²) in [4.78, 5) is 38.6. The molecule has 8 nitrogen and oxygen atoms in total. The number of nitrogens with zero attached hydrogens (tertiary/aromatic N) is 1. The van der Waals surface area contributed by atoms with Crippen LogP contribution in [-0.4, -0.2) is 48.5 Å². The van der Waals surface area contributed by atoms with Gasteiger partial charge in [-0.2, -0.15) is 0 Å². The summed E-state index contributed by atoms with van der Waals surface area (Å²) >= 11 is 0. The normalized spacial score (nSPS) is 21.0. The van der Waals surface area contributed by atoms with Gasteiger partial charge in [0.05, 0.1) is 12.6 Å². The number of nitrogens with two attached hydrogens (primary N) is 1. The van der Waals surface area contributed by atoms with E-state index in [1.54, 1.807) is 38.3 Å². The first-order valence-corrected chi connectivity index (χ1v) is 8.87. The fraction of sp³-hybridized carbons (Fsp3) is 0.526. The first-order chi connectivity index (χ1) is 12.6. The van der Waals surface area contributed by atoms with Crippen molar-refractivity contribution in [2.45, 2.75) is 38.8 Å². The Balaban J connectivity index is 0.00000392. The number of benzene rings is 1. The highest BCUT2D eigenvalue weighted by atomic mass is 35.5. The van der Waals surface area contributed by atoms with Crippen LogP contribution in [0.25, 0.3) is 0 Å². The number of rotatable bonds is 7. The number of hydrogen-bond acceptors (Lipinski definition) is 5. The molecule has 0 aromatic heterocycles. The molecule has 0 aliphatic carbocycles. The molecule has 0 radical (unpaired) electrons. The molecule has 0 spiro atoms. The zero-order chi connectivity index (χ0) is 20.4. The Hall–Kier alpha value is -2.32. The van der Waals surface area contributed by atoms with E-state index in [-0.39, 0.29) is 31.4 Å². The molecule has 28 heavy (non-hydrogen) atoms. The van der Waals surface area contributed by atoms with Gasteiger partial charge in [0.2, 0.25) is 5.91 Å². The van der Waals surface area contributed by atoms with E-state index in [1.165, 1.54) is 0 Å². The molecule has 9 heteroatoms. The van der Waals surface area contributed by atoms with Crippen molar-refractivity contribution in [1.29, 1.82) is 0 Å². The van der Waals surface area contributed by atoms with Crippen molar-refractivity contribution in [2.24, 2.45) is 11.7 Å². The smallest absolute Gasteiger partial charge is 0.325 e. The molecule has 1 aromatic carbocycles. The number of imide groups is 1. The van der Waals surface area contributed by atoms with Crippen molar-refractivity contribution >= 4 is 30.3 Å². The topological polar surface area (TPSA) is 114 Å². The summed E-state index contributed by atoms with van der Waals surface area (Å²) in [6.45, 7) is 7.23. The Labute approximate surface area is 171 Å². The van der Waals surface area contributed by atoms with Crippen LogP contribution in [0.3, 0.4) is 0 Å². The van der Waals surface area contributed by atoms with Gasteiger partial charge >= 0.3 is 6.03 Å². The van der Waals surface area contributed by atoms with Crippen LogP contribution >= 0.6 is 12.4 Å². The maximum atomic E-state index is 12.9. The van der Waals surface area contributed by atoms with Gasteiger partial charge in [-0.15, -0.1) is 12.4 Å². The highest BCUT2D eigenvalue weighted by Gasteiger charge is 2.49. The van der Waals surface area contributed by atoms with E-state index in [9.17, 15) is 14.4 Å². The summed E-state index contributed by atoms with van der Waals surface area (Å²) in [7, 11) is 1.55. The van der Waals surface area contributed by atoms with Gasteiger partial charge in [0.1, 0.15) is 17.8 Å². The van der Waals surface area contributed by atoms with Crippen LogP contribution in [0.1, 0.15) is 33.3 Å². The largest absolute Gasteiger partial charge is 0.497 e. The number of carbonyl (C=O) groups excluding carboxylic acids is 3. The molecule has 1 aromatic rings. The molecule has 156 valence electrons. The number of nitrogens with one attached hydrogen (secondary N) is 2. The summed E-state index contributed by atoms with van der Waals surface area (Å²) in [5.74, 6) is -0.171. The maximum absolute atomic E-state index is 12.9. The maximum Gasteiger partial charge on any atom is 0.325 e. The highest BCUT2D eigenvalue weighted by molar-refractivity contribution is 6.09. The average molecular weight is 413 g/mol. The SMILES string of the molecule is COc1ccc(C2(C)NC(=O)N(CC(=O)NC(C)(CN)C(C)C)C2=O)cc1.Cl. The molecule has 1 aliphatic heterocycles. The predicted molar refractivity (Wildman–Crippen MR) is 108 cm³/mol. The lowest BCUT2D eigenvalue weighted by Crippen LogP contribution is -2.57. The molecule has 0 saturated carbocycles. The van der Waals surface area contributed by atoms with Crippen molar-refractivity contribution in [3.05, 3.63) is 29.8 Å². The molecule has 4 N–H and O–H groups in total. The van der Waals surface area contributed by atoms with E-state index in [0.29, 0.717) is 11.3 Å². The Bertz CT molecular complexity index is 740. The first-order valence-electron chi connectivity index (χ1n) is 8.87. The van der Waals surface area contributed by atoms with Gasteiger partial charge < -0.3 is 21.1 Å². The summed E-state index contributed by atoms with van der Waals surface area (Å²) in [5, 5.41) is 5.52. The van der Waals surface area contributed by atoms with Crippen molar-refractivity contribution in [2.75, 3.05) is 20.2 Å². The summed E-state index contributed by atoms with van der Waals surface area (Å²) in [6.07, 6.45) is 0.